The van der Waals surface area contributed by atoms with Gasteiger partial charge in [-0.2, -0.15) is 0 Å². The first-order valence-electron chi connectivity index (χ1n) is 8.57. The number of nitrogens with zero attached hydrogens (tertiary/aromatic N) is 1. The number of aliphatic imine (C=N–C) groups is 1. The Morgan fingerprint density at radius 3 is 2.48 bits per heavy atom. The minimum atomic E-state index is -3.88. The van der Waals surface area contributed by atoms with Gasteiger partial charge in [-0.25, -0.2) is 22.5 Å². The Bertz CT molecular complexity index is 1220. The SMILES string of the molecule is O=S1(=O)NC(=NCc2ccccc2F)Nc2c(Oc3ccccc3Cl)cccc21. The maximum absolute atomic E-state index is 13.8. The Morgan fingerprint density at radius 2 is 1.69 bits per heavy atom. The fourth-order valence-corrected chi connectivity index (χ4v) is 4.11. The lowest BCUT2D eigenvalue weighted by molar-refractivity contribution is 0.483. The highest BCUT2D eigenvalue weighted by molar-refractivity contribution is 7.90. The zero-order valence-corrected chi connectivity index (χ0v) is 16.5. The van der Waals surface area contributed by atoms with E-state index in [0.29, 0.717) is 16.3 Å². The van der Waals surface area contributed by atoms with Gasteiger partial charge in [0.05, 0.1) is 11.6 Å². The molecule has 2 N–H and O–H groups in total. The monoisotopic (exact) mass is 431 g/mol. The molecule has 6 nitrogen and oxygen atoms in total. The summed E-state index contributed by atoms with van der Waals surface area (Å²) >= 11 is 6.14. The van der Waals surface area contributed by atoms with Gasteiger partial charge in [-0.15, -0.1) is 0 Å². The third kappa shape index (κ3) is 4.03. The standard InChI is InChI=1S/C20H15ClFN3O3S/c21-14-7-2-4-9-16(14)28-17-10-5-11-18-19(17)24-20(25-29(18,26)27)23-12-13-6-1-3-8-15(13)22/h1-11H,12H2,(H2,23,24,25). The van der Waals surface area contributed by atoms with Crippen molar-refractivity contribution >= 4 is 33.3 Å². The topological polar surface area (TPSA) is 79.8 Å². The zero-order chi connectivity index (χ0) is 20.4. The van der Waals surface area contributed by atoms with Crippen molar-refractivity contribution in [3.63, 3.8) is 0 Å². The highest BCUT2D eigenvalue weighted by Gasteiger charge is 2.29. The highest BCUT2D eigenvalue weighted by Crippen LogP contribution is 2.38. The van der Waals surface area contributed by atoms with Crippen molar-refractivity contribution in [1.29, 1.82) is 0 Å². The van der Waals surface area contributed by atoms with Crippen LogP contribution in [0.15, 0.2) is 76.6 Å². The van der Waals surface area contributed by atoms with E-state index in [1.807, 2.05) is 0 Å². The van der Waals surface area contributed by atoms with Crippen LogP contribution in [0.2, 0.25) is 5.02 Å². The van der Waals surface area contributed by atoms with E-state index in [4.69, 9.17) is 16.3 Å². The van der Waals surface area contributed by atoms with Gasteiger partial charge < -0.3 is 10.1 Å². The van der Waals surface area contributed by atoms with E-state index < -0.39 is 15.8 Å². The second-order valence-electron chi connectivity index (χ2n) is 6.15. The summed E-state index contributed by atoms with van der Waals surface area (Å²) in [7, 11) is -3.88. The zero-order valence-electron chi connectivity index (χ0n) is 14.9. The van der Waals surface area contributed by atoms with E-state index >= 15 is 0 Å². The van der Waals surface area contributed by atoms with Crippen molar-refractivity contribution in [3.05, 3.63) is 83.1 Å². The molecule has 0 bridgehead atoms. The fraction of sp³-hybridized carbons (Fsp3) is 0.0500. The molecule has 1 aliphatic rings. The van der Waals surface area contributed by atoms with Gasteiger partial charge in [-0.05, 0) is 30.3 Å². The van der Waals surface area contributed by atoms with Crippen molar-refractivity contribution in [2.45, 2.75) is 11.4 Å². The summed E-state index contributed by atoms with van der Waals surface area (Å²) < 4.78 is 47.3. The molecule has 0 atom stereocenters. The van der Waals surface area contributed by atoms with Crippen LogP contribution in [0, 0.1) is 5.82 Å². The third-order valence-corrected chi connectivity index (χ3v) is 5.87. The maximum Gasteiger partial charge on any atom is 0.266 e. The molecule has 3 aromatic rings. The van der Waals surface area contributed by atoms with Crippen molar-refractivity contribution in [2.24, 2.45) is 4.99 Å². The largest absolute Gasteiger partial charge is 0.454 e. The Hall–Kier alpha value is -3.10. The van der Waals surface area contributed by atoms with Gasteiger partial charge in [-0.1, -0.05) is 48.0 Å². The van der Waals surface area contributed by atoms with Crippen LogP contribution in [0.4, 0.5) is 10.1 Å². The molecule has 0 fully saturated rings. The number of guanidine groups is 1. The number of benzene rings is 3. The van der Waals surface area contributed by atoms with E-state index in [9.17, 15) is 12.8 Å². The second-order valence-corrected chi connectivity index (χ2v) is 8.21. The van der Waals surface area contributed by atoms with Crippen LogP contribution in [-0.2, 0) is 16.6 Å². The van der Waals surface area contributed by atoms with Crippen LogP contribution in [0.5, 0.6) is 11.5 Å². The molecule has 0 aliphatic carbocycles. The predicted octanol–water partition coefficient (Wildman–Crippen LogP) is 4.53. The second kappa shape index (κ2) is 7.73. The molecule has 29 heavy (non-hydrogen) atoms. The van der Waals surface area contributed by atoms with Gasteiger partial charge in [0.2, 0.25) is 5.96 Å². The molecule has 0 saturated carbocycles. The van der Waals surface area contributed by atoms with E-state index in [1.54, 1.807) is 54.6 Å². The number of sulfonamides is 1. The molecule has 3 aromatic carbocycles. The molecule has 1 aliphatic heterocycles. The van der Waals surface area contributed by atoms with Crippen LogP contribution < -0.4 is 14.8 Å². The lowest BCUT2D eigenvalue weighted by atomic mass is 10.2. The van der Waals surface area contributed by atoms with Crippen LogP contribution in [0.3, 0.4) is 0 Å². The van der Waals surface area contributed by atoms with Crippen molar-refractivity contribution in [2.75, 3.05) is 5.32 Å². The summed E-state index contributed by atoms with van der Waals surface area (Å²) in [5.41, 5.74) is 0.561. The van der Waals surface area contributed by atoms with Crippen LogP contribution in [0.1, 0.15) is 5.56 Å². The fourth-order valence-electron chi connectivity index (χ4n) is 2.78. The molecular weight excluding hydrogens is 417 g/mol. The first-order valence-corrected chi connectivity index (χ1v) is 10.4. The van der Waals surface area contributed by atoms with Gasteiger partial charge in [0, 0.05) is 5.56 Å². The Balaban J connectivity index is 1.69. The van der Waals surface area contributed by atoms with Gasteiger partial charge in [0.15, 0.2) is 5.75 Å². The van der Waals surface area contributed by atoms with Crippen LogP contribution in [-0.4, -0.2) is 14.4 Å². The molecule has 0 spiro atoms. The third-order valence-electron chi connectivity index (χ3n) is 4.17. The predicted molar refractivity (Wildman–Crippen MR) is 109 cm³/mol. The lowest BCUT2D eigenvalue weighted by Gasteiger charge is -2.23. The number of hydrogen-bond acceptors (Lipinski definition) is 4. The molecule has 148 valence electrons. The number of halogens is 2. The average molecular weight is 432 g/mol. The molecular formula is C20H15ClFN3O3S. The van der Waals surface area contributed by atoms with Gasteiger partial charge in [0.1, 0.15) is 22.1 Å². The summed E-state index contributed by atoms with van der Waals surface area (Å²) in [6.45, 7) is -0.0413. The Labute approximate surface area is 172 Å². The summed E-state index contributed by atoms with van der Waals surface area (Å²) in [4.78, 5) is 4.17. The molecule has 4 rings (SSSR count). The number of nitrogens with one attached hydrogen (secondary N) is 2. The van der Waals surface area contributed by atoms with Crippen molar-refractivity contribution in [3.8, 4) is 11.5 Å². The number of hydrogen-bond donors (Lipinski definition) is 2. The first kappa shape index (κ1) is 19.2. The van der Waals surface area contributed by atoms with Crippen molar-refractivity contribution < 1.29 is 17.5 Å². The van der Waals surface area contributed by atoms with E-state index in [1.165, 1.54) is 12.1 Å². The summed E-state index contributed by atoms with van der Waals surface area (Å²) in [6.07, 6.45) is 0. The lowest BCUT2D eigenvalue weighted by Crippen LogP contribution is -2.40. The van der Waals surface area contributed by atoms with Gasteiger partial charge in [0.25, 0.3) is 10.0 Å². The van der Waals surface area contributed by atoms with E-state index in [0.717, 1.165) is 0 Å². The van der Waals surface area contributed by atoms with Gasteiger partial charge in [-0.3, -0.25) is 0 Å². The minimum Gasteiger partial charge on any atom is -0.454 e. The molecule has 1 heterocycles. The Morgan fingerprint density at radius 1 is 0.966 bits per heavy atom. The van der Waals surface area contributed by atoms with E-state index in [-0.39, 0.29) is 28.8 Å². The number of rotatable bonds is 4. The average Bonchev–Trinajstić information content (AvgIpc) is 2.69. The first-order chi connectivity index (χ1) is 13.9. The smallest absolute Gasteiger partial charge is 0.266 e. The summed E-state index contributed by atoms with van der Waals surface area (Å²) in [5, 5.41) is 3.30. The summed E-state index contributed by atoms with van der Waals surface area (Å²) in [6, 6.07) is 17.6. The highest BCUT2D eigenvalue weighted by atomic mass is 35.5. The maximum atomic E-state index is 13.8. The molecule has 0 amide bonds. The van der Waals surface area contributed by atoms with Crippen LogP contribution >= 0.6 is 11.6 Å². The number of ether oxygens (including phenoxy) is 1. The molecule has 0 saturated heterocycles. The molecule has 9 heteroatoms. The van der Waals surface area contributed by atoms with Crippen LogP contribution in [0.25, 0.3) is 0 Å². The molecule has 0 aromatic heterocycles. The minimum absolute atomic E-state index is 0.00638. The normalized spacial score (nSPS) is 15.9. The van der Waals surface area contributed by atoms with Gasteiger partial charge >= 0.3 is 0 Å². The molecule has 0 radical (unpaired) electrons. The molecule has 0 unspecified atom stereocenters. The number of fused-ring (bicyclic) bond motifs is 1. The quantitative estimate of drug-likeness (QED) is 0.636. The number of para-hydroxylation sites is 2. The summed E-state index contributed by atoms with van der Waals surface area (Å²) in [5.74, 6) is 0.194. The number of anilines is 1. The van der Waals surface area contributed by atoms with E-state index in [2.05, 4.69) is 15.0 Å². The Kier molecular flexibility index (Phi) is 5.12. The van der Waals surface area contributed by atoms with Crippen molar-refractivity contribution in [1.82, 2.24) is 4.72 Å².